The van der Waals surface area contributed by atoms with Gasteiger partial charge in [0.25, 0.3) is 5.91 Å². The molecule has 0 radical (unpaired) electrons. The van der Waals surface area contributed by atoms with Crippen molar-refractivity contribution in [3.8, 4) is 0 Å². The predicted molar refractivity (Wildman–Crippen MR) is 124 cm³/mol. The van der Waals surface area contributed by atoms with Gasteiger partial charge < -0.3 is 10.2 Å². The lowest BCUT2D eigenvalue weighted by molar-refractivity contribution is -0.117. The summed E-state index contributed by atoms with van der Waals surface area (Å²) in [5.74, 6) is -0.203. The number of nitrogens with one attached hydrogen (secondary N) is 1. The minimum absolute atomic E-state index is 0.0375. The fraction of sp³-hybridized carbons (Fsp3) is 0.417. The third-order valence-electron chi connectivity index (χ3n) is 6.39. The van der Waals surface area contributed by atoms with Gasteiger partial charge >= 0.3 is 0 Å². The summed E-state index contributed by atoms with van der Waals surface area (Å²) in [6.45, 7) is 0.718. The van der Waals surface area contributed by atoms with Gasteiger partial charge in [0.05, 0.1) is 4.90 Å². The van der Waals surface area contributed by atoms with E-state index >= 15 is 0 Å². The van der Waals surface area contributed by atoms with Gasteiger partial charge in [-0.25, -0.2) is 8.42 Å². The second-order valence-corrected chi connectivity index (χ2v) is 10.5. The number of amides is 2. The minimum Gasteiger partial charge on any atom is -0.322 e. The molecule has 0 bridgehead atoms. The summed E-state index contributed by atoms with van der Waals surface area (Å²) in [4.78, 5) is 26.4. The van der Waals surface area contributed by atoms with Gasteiger partial charge in [0.2, 0.25) is 15.9 Å². The lowest BCUT2D eigenvalue weighted by atomic mass is 9.96. The van der Waals surface area contributed by atoms with E-state index in [1.54, 1.807) is 24.1 Å². The summed E-state index contributed by atoms with van der Waals surface area (Å²) in [7, 11) is -1.94. The fourth-order valence-electron chi connectivity index (χ4n) is 4.43. The Bertz CT molecular complexity index is 1080. The molecular formula is C24H29N3O4S. The summed E-state index contributed by atoms with van der Waals surface area (Å²) in [5.41, 5.74) is 1.81. The van der Waals surface area contributed by atoms with Gasteiger partial charge in [-0.05, 0) is 67.8 Å². The number of carbonyl (C=O) groups is 2. The Morgan fingerprint density at radius 1 is 0.969 bits per heavy atom. The highest BCUT2D eigenvalue weighted by atomic mass is 32.2. The average molecular weight is 456 g/mol. The molecule has 0 unspecified atom stereocenters. The van der Waals surface area contributed by atoms with Crippen molar-refractivity contribution in [1.82, 2.24) is 4.31 Å². The first-order chi connectivity index (χ1) is 15.4. The van der Waals surface area contributed by atoms with Gasteiger partial charge in [-0.2, -0.15) is 4.31 Å². The first-order valence-corrected chi connectivity index (χ1v) is 12.6. The second-order valence-electron chi connectivity index (χ2n) is 8.49. The molecule has 4 rings (SSSR count). The van der Waals surface area contributed by atoms with E-state index in [0.717, 1.165) is 50.8 Å². The number of benzene rings is 2. The van der Waals surface area contributed by atoms with Crippen LogP contribution in [0.3, 0.4) is 0 Å². The Kier molecular flexibility index (Phi) is 6.62. The Morgan fingerprint density at radius 3 is 2.22 bits per heavy atom. The molecule has 0 spiro atoms. The van der Waals surface area contributed by atoms with Crippen LogP contribution in [0.25, 0.3) is 0 Å². The van der Waals surface area contributed by atoms with Crippen LogP contribution in [-0.4, -0.2) is 44.2 Å². The van der Waals surface area contributed by atoms with Crippen molar-refractivity contribution < 1.29 is 18.0 Å². The molecule has 170 valence electrons. The van der Waals surface area contributed by atoms with Crippen LogP contribution in [0, 0.1) is 0 Å². The second kappa shape index (κ2) is 9.42. The van der Waals surface area contributed by atoms with E-state index in [4.69, 9.17) is 0 Å². The van der Waals surface area contributed by atoms with E-state index in [0.29, 0.717) is 17.7 Å². The largest absolute Gasteiger partial charge is 0.322 e. The van der Waals surface area contributed by atoms with Gasteiger partial charge in [-0.15, -0.1) is 0 Å². The standard InChI is InChI=1S/C24H29N3O4S/c1-26(20-6-3-2-4-7-20)32(30,31)22-15-9-18(10-16-22)24(29)25-19-11-13-21(14-12-19)27-17-5-8-23(27)28/h9-16,20H,2-8,17H2,1H3,(H,25,29). The average Bonchev–Trinajstić information content (AvgIpc) is 3.25. The molecule has 7 nitrogen and oxygen atoms in total. The summed E-state index contributed by atoms with van der Waals surface area (Å²) < 4.78 is 27.4. The van der Waals surface area contributed by atoms with Crippen molar-refractivity contribution in [2.24, 2.45) is 0 Å². The zero-order valence-electron chi connectivity index (χ0n) is 18.3. The maximum Gasteiger partial charge on any atom is 0.255 e. The van der Waals surface area contributed by atoms with Gasteiger partial charge in [-0.3, -0.25) is 9.59 Å². The molecular weight excluding hydrogens is 426 g/mol. The Balaban J connectivity index is 1.41. The van der Waals surface area contributed by atoms with E-state index in [1.165, 1.54) is 28.6 Å². The van der Waals surface area contributed by atoms with Gasteiger partial charge in [0.1, 0.15) is 0 Å². The third kappa shape index (κ3) is 4.71. The van der Waals surface area contributed by atoms with Crippen molar-refractivity contribution in [3.05, 3.63) is 54.1 Å². The number of hydrogen-bond acceptors (Lipinski definition) is 4. The summed E-state index contributed by atoms with van der Waals surface area (Å²) >= 11 is 0. The molecule has 1 saturated carbocycles. The molecule has 1 aliphatic carbocycles. The molecule has 1 N–H and O–H groups in total. The number of nitrogens with zero attached hydrogens (tertiary/aromatic N) is 2. The minimum atomic E-state index is -3.59. The third-order valence-corrected chi connectivity index (χ3v) is 8.32. The van der Waals surface area contributed by atoms with E-state index in [9.17, 15) is 18.0 Å². The van der Waals surface area contributed by atoms with Crippen molar-refractivity contribution in [3.63, 3.8) is 0 Å². The predicted octanol–water partition coefficient (Wildman–Crippen LogP) is 4.02. The maximum atomic E-state index is 13.0. The molecule has 1 saturated heterocycles. The molecule has 0 aromatic heterocycles. The number of sulfonamides is 1. The first-order valence-electron chi connectivity index (χ1n) is 11.2. The molecule has 1 aliphatic heterocycles. The lowest BCUT2D eigenvalue weighted by Gasteiger charge is -2.30. The van der Waals surface area contributed by atoms with Gasteiger partial charge in [0.15, 0.2) is 0 Å². The normalized spacial score (nSPS) is 17.7. The number of carbonyl (C=O) groups excluding carboxylic acids is 2. The number of anilines is 2. The first kappa shape index (κ1) is 22.5. The zero-order chi connectivity index (χ0) is 22.7. The van der Waals surface area contributed by atoms with Crippen molar-refractivity contribution in [1.29, 1.82) is 0 Å². The molecule has 0 atom stereocenters. The zero-order valence-corrected chi connectivity index (χ0v) is 19.1. The van der Waals surface area contributed by atoms with Crippen LogP contribution >= 0.6 is 0 Å². The molecule has 2 aromatic rings. The maximum absolute atomic E-state index is 13.0. The Hall–Kier alpha value is -2.71. The van der Waals surface area contributed by atoms with Crippen LogP contribution in [0.2, 0.25) is 0 Å². The van der Waals surface area contributed by atoms with Gasteiger partial charge in [-0.1, -0.05) is 19.3 Å². The van der Waals surface area contributed by atoms with Gasteiger partial charge in [0, 0.05) is 43.0 Å². The van der Waals surface area contributed by atoms with E-state index < -0.39 is 10.0 Å². The molecule has 8 heteroatoms. The van der Waals surface area contributed by atoms with Crippen LogP contribution in [0.4, 0.5) is 11.4 Å². The molecule has 2 aliphatic rings. The number of rotatable bonds is 6. The highest BCUT2D eigenvalue weighted by Crippen LogP contribution is 2.27. The summed E-state index contributed by atoms with van der Waals surface area (Å²) in [5, 5.41) is 2.82. The molecule has 2 amide bonds. The van der Waals surface area contributed by atoms with Crippen LogP contribution in [0.1, 0.15) is 55.3 Å². The van der Waals surface area contributed by atoms with E-state index in [2.05, 4.69) is 5.32 Å². The van der Waals surface area contributed by atoms with E-state index in [1.807, 2.05) is 12.1 Å². The van der Waals surface area contributed by atoms with Crippen LogP contribution < -0.4 is 10.2 Å². The van der Waals surface area contributed by atoms with Crippen molar-refractivity contribution in [2.75, 3.05) is 23.8 Å². The molecule has 2 fully saturated rings. The summed E-state index contributed by atoms with van der Waals surface area (Å²) in [6.07, 6.45) is 6.48. The highest BCUT2D eigenvalue weighted by molar-refractivity contribution is 7.89. The van der Waals surface area contributed by atoms with Crippen molar-refractivity contribution in [2.45, 2.75) is 55.9 Å². The van der Waals surface area contributed by atoms with Crippen LogP contribution in [0.5, 0.6) is 0 Å². The molecule has 1 heterocycles. The number of hydrogen-bond donors (Lipinski definition) is 1. The summed E-state index contributed by atoms with van der Waals surface area (Å²) in [6, 6.07) is 13.2. The quantitative estimate of drug-likeness (QED) is 0.713. The smallest absolute Gasteiger partial charge is 0.255 e. The topological polar surface area (TPSA) is 86.8 Å². The monoisotopic (exact) mass is 455 g/mol. The highest BCUT2D eigenvalue weighted by Gasteiger charge is 2.29. The molecule has 2 aromatic carbocycles. The van der Waals surface area contributed by atoms with Crippen LogP contribution in [-0.2, 0) is 14.8 Å². The lowest BCUT2D eigenvalue weighted by Crippen LogP contribution is -2.38. The van der Waals surface area contributed by atoms with Crippen LogP contribution in [0.15, 0.2) is 53.4 Å². The SMILES string of the molecule is CN(C1CCCCC1)S(=O)(=O)c1ccc(C(=O)Nc2ccc(N3CCCC3=O)cc2)cc1. The Labute approximate surface area is 189 Å². The van der Waals surface area contributed by atoms with E-state index in [-0.39, 0.29) is 22.8 Å². The fourth-order valence-corrected chi connectivity index (χ4v) is 5.85. The molecule has 32 heavy (non-hydrogen) atoms. The Morgan fingerprint density at radius 2 is 1.62 bits per heavy atom. The van der Waals surface area contributed by atoms with Crippen molar-refractivity contribution >= 4 is 33.2 Å².